The highest BCUT2D eigenvalue weighted by atomic mass is 79.9. The van der Waals surface area contributed by atoms with Crippen LogP contribution in [0.3, 0.4) is 0 Å². The normalized spacial score (nSPS) is 12.3. The second-order valence-electron chi connectivity index (χ2n) is 4.92. The van der Waals surface area contributed by atoms with Gasteiger partial charge in [0.1, 0.15) is 5.75 Å². The molecule has 3 nitrogen and oxygen atoms in total. The zero-order valence-corrected chi connectivity index (χ0v) is 13.4. The van der Waals surface area contributed by atoms with Crippen molar-refractivity contribution in [1.82, 2.24) is 5.32 Å². The Morgan fingerprint density at radius 3 is 2.74 bits per heavy atom. The first kappa shape index (κ1) is 16.0. The molecule has 0 bridgehead atoms. The van der Waals surface area contributed by atoms with Crippen molar-refractivity contribution in [2.75, 3.05) is 12.4 Å². The number of halogens is 1. The van der Waals surface area contributed by atoms with Gasteiger partial charge in [-0.1, -0.05) is 41.9 Å². The Bertz CT molecular complexity index is 407. The Morgan fingerprint density at radius 2 is 2.16 bits per heavy atom. The lowest BCUT2D eigenvalue weighted by molar-refractivity contribution is -0.121. The average Bonchev–Trinajstić information content (AvgIpc) is 2.38. The minimum atomic E-state index is 0.0629. The van der Waals surface area contributed by atoms with Crippen molar-refractivity contribution in [3.63, 3.8) is 0 Å². The van der Waals surface area contributed by atoms with E-state index in [1.807, 2.05) is 24.3 Å². The zero-order chi connectivity index (χ0) is 14.3. The molecule has 106 valence electrons. The number of amides is 1. The second kappa shape index (κ2) is 8.20. The molecular formula is C15H22BrNO2. The van der Waals surface area contributed by atoms with Crippen LogP contribution in [0.5, 0.6) is 5.75 Å². The lowest BCUT2D eigenvalue weighted by Crippen LogP contribution is -2.39. The Labute approximate surface area is 123 Å². The lowest BCUT2D eigenvalue weighted by Gasteiger charge is -2.21. The largest absolute Gasteiger partial charge is 0.497 e. The average molecular weight is 328 g/mol. The van der Waals surface area contributed by atoms with Crippen molar-refractivity contribution in [3.8, 4) is 5.75 Å². The number of nitrogens with one attached hydrogen (secondary N) is 1. The fraction of sp³-hybridized carbons (Fsp3) is 0.533. The van der Waals surface area contributed by atoms with Crippen molar-refractivity contribution in [3.05, 3.63) is 29.8 Å². The predicted octanol–water partition coefficient (Wildman–Crippen LogP) is 3.16. The molecule has 1 atom stereocenters. The van der Waals surface area contributed by atoms with E-state index in [1.165, 1.54) is 0 Å². The van der Waals surface area contributed by atoms with Crippen molar-refractivity contribution < 1.29 is 9.53 Å². The summed E-state index contributed by atoms with van der Waals surface area (Å²) >= 11 is 3.43. The third-order valence-corrected chi connectivity index (χ3v) is 3.53. The molecule has 0 aliphatic heterocycles. The Balaban J connectivity index is 2.58. The van der Waals surface area contributed by atoms with Crippen LogP contribution in [0.4, 0.5) is 0 Å². The molecule has 0 fully saturated rings. The molecule has 0 radical (unpaired) electrons. The molecule has 0 saturated heterocycles. The van der Waals surface area contributed by atoms with Gasteiger partial charge in [0.05, 0.1) is 13.5 Å². The quantitative estimate of drug-likeness (QED) is 0.781. The molecule has 19 heavy (non-hydrogen) atoms. The third-order valence-electron chi connectivity index (χ3n) is 3.07. The van der Waals surface area contributed by atoms with Crippen LogP contribution in [0.15, 0.2) is 24.3 Å². The van der Waals surface area contributed by atoms with E-state index < -0.39 is 0 Å². The summed E-state index contributed by atoms with van der Waals surface area (Å²) in [5.74, 6) is 1.28. The summed E-state index contributed by atoms with van der Waals surface area (Å²) in [5, 5.41) is 3.99. The number of carbonyl (C=O) groups is 1. The summed E-state index contributed by atoms with van der Waals surface area (Å²) < 4.78 is 5.16. The smallest absolute Gasteiger partial charge is 0.224 e. The van der Waals surface area contributed by atoms with Crippen molar-refractivity contribution in [1.29, 1.82) is 0 Å². The van der Waals surface area contributed by atoms with Gasteiger partial charge in [-0.05, 0) is 30.0 Å². The summed E-state index contributed by atoms with van der Waals surface area (Å²) in [6.45, 7) is 4.25. The van der Waals surface area contributed by atoms with Crippen molar-refractivity contribution in [2.45, 2.75) is 32.7 Å². The molecule has 0 heterocycles. The second-order valence-corrected chi connectivity index (χ2v) is 5.72. The van der Waals surface area contributed by atoms with Gasteiger partial charge in [0.2, 0.25) is 5.91 Å². The Kier molecular flexibility index (Phi) is 6.92. The van der Waals surface area contributed by atoms with Gasteiger partial charge in [-0.15, -0.1) is 0 Å². The molecule has 0 saturated carbocycles. The maximum absolute atomic E-state index is 12.0. The van der Waals surface area contributed by atoms with Crippen LogP contribution >= 0.6 is 15.9 Å². The number of benzene rings is 1. The van der Waals surface area contributed by atoms with E-state index >= 15 is 0 Å². The summed E-state index contributed by atoms with van der Waals surface area (Å²) in [4.78, 5) is 12.0. The molecular weight excluding hydrogens is 306 g/mol. The Hall–Kier alpha value is -1.03. The molecule has 0 aliphatic carbocycles. The minimum Gasteiger partial charge on any atom is -0.497 e. The number of alkyl halides is 1. The molecule has 0 aliphatic rings. The minimum absolute atomic E-state index is 0.0629. The molecule has 0 spiro atoms. The van der Waals surface area contributed by atoms with Gasteiger partial charge in [0.15, 0.2) is 0 Å². The fourth-order valence-electron chi connectivity index (χ4n) is 1.92. The van der Waals surface area contributed by atoms with Crippen LogP contribution in [0.25, 0.3) is 0 Å². The monoisotopic (exact) mass is 327 g/mol. The van der Waals surface area contributed by atoms with Gasteiger partial charge in [-0.3, -0.25) is 4.79 Å². The van der Waals surface area contributed by atoms with Crippen LogP contribution in [0, 0.1) is 5.92 Å². The van der Waals surface area contributed by atoms with E-state index in [2.05, 4.69) is 35.1 Å². The molecule has 1 N–H and O–H groups in total. The van der Waals surface area contributed by atoms with Crippen LogP contribution in [-0.2, 0) is 11.2 Å². The summed E-state index contributed by atoms with van der Waals surface area (Å²) in [7, 11) is 1.63. The van der Waals surface area contributed by atoms with Gasteiger partial charge >= 0.3 is 0 Å². The number of hydrogen-bond donors (Lipinski definition) is 1. The number of rotatable bonds is 7. The maximum Gasteiger partial charge on any atom is 0.224 e. The first-order chi connectivity index (χ1) is 9.06. The fourth-order valence-corrected chi connectivity index (χ4v) is 2.41. The van der Waals surface area contributed by atoms with Crippen LogP contribution < -0.4 is 10.1 Å². The van der Waals surface area contributed by atoms with E-state index in [0.717, 1.165) is 23.1 Å². The number of hydrogen-bond acceptors (Lipinski definition) is 2. The molecule has 1 aromatic rings. The van der Waals surface area contributed by atoms with Gasteiger partial charge in [0, 0.05) is 11.4 Å². The van der Waals surface area contributed by atoms with E-state index in [1.54, 1.807) is 7.11 Å². The lowest BCUT2D eigenvalue weighted by atomic mass is 10.0. The van der Waals surface area contributed by atoms with E-state index in [9.17, 15) is 4.79 Å². The number of ether oxygens (including phenoxy) is 1. The standard InChI is InChI=1S/C15H22BrNO2/c1-11(2)14(7-8-16)17-15(18)10-12-5-4-6-13(9-12)19-3/h4-6,9,11,14H,7-8,10H2,1-3H3,(H,17,18). The van der Waals surface area contributed by atoms with Gasteiger partial charge < -0.3 is 10.1 Å². The van der Waals surface area contributed by atoms with E-state index in [0.29, 0.717) is 12.3 Å². The predicted molar refractivity (Wildman–Crippen MR) is 81.9 cm³/mol. The topological polar surface area (TPSA) is 38.3 Å². The number of carbonyl (C=O) groups excluding carboxylic acids is 1. The van der Waals surface area contributed by atoms with Gasteiger partial charge in [0.25, 0.3) is 0 Å². The summed E-state index contributed by atoms with van der Waals surface area (Å²) in [5.41, 5.74) is 0.971. The maximum atomic E-state index is 12.0. The first-order valence-electron chi connectivity index (χ1n) is 6.55. The highest BCUT2D eigenvalue weighted by molar-refractivity contribution is 9.09. The molecule has 0 aromatic heterocycles. The van der Waals surface area contributed by atoms with Crippen LogP contribution in [-0.4, -0.2) is 24.4 Å². The molecule has 1 rings (SSSR count). The molecule has 1 amide bonds. The van der Waals surface area contributed by atoms with E-state index in [-0.39, 0.29) is 11.9 Å². The van der Waals surface area contributed by atoms with Crippen molar-refractivity contribution in [2.24, 2.45) is 5.92 Å². The first-order valence-corrected chi connectivity index (χ1v) is 7.67. The molecule has 1 unspecified atom stereocenters. The van der Waals surface area contributed by atoms with Gasteiger partial charge in [-0.2, -0.15) is 0 Å². The van der Waals surface area contributed by atoms with Crippen LogP contribution in [0.2, 0.25) is 0 Å². The van der Waals surface area contributed by atoms with E-state index in [4.69, 9.17) is 4.74 Å². The molecule has 1 aromatic carbocycles. The Morgan fingerprint density at radius 1 is 1.42 bits per heavy atom. The number of methoxy groups -OCH3 is 1. The highest BCUT2D eigenvalue weighted by Gasteiger charge is 2.15. The molecule has 4 heteroatoms. The zero-order valence-electron chi connectivity index (χ0n) is 11.8. The SMILES string of the molecule is COc1cccc(CC(=O)NC(CCBr)C(C)C)c1. The summed E-state index contributed by atoms with van der Waals surface area (Å²) in [6, 6.07) is 7.84. The van der Waals surface area contributed by atoms with Gasteiger partial charge in [-0.25, -0.2) is 0 Å². The summed E-state index contributed by atoms with van der Waals surface area (Å²) in [6.07, 6.45) is 1.34. The van der Waals surface area contributed by atoms with Crippen molar-refractivity contribution >= 4 is 21.8 Å². The third kappa shape index (κ3) is 5.64. The van der Waals surface area contributed by atoms with Crippen LogP contribution in [0.1, 0.15) is 25.8 Å². The highest BCUT2D eigenvalue weighted by Crippen LogP contribution is 2.13.